The normalized spacial score (nSPS) is 26.9. The zero-order valence-electron chi connectivity index (χ0n) is 11.5. The molecule has 0 aromatic heterocycles. The summed E-state index contributed by atoms with van der Waals surface area (Å²) in [5.41, 5.74) is 0. The van der Waals surface area contributed by atoms with Crippen molar-refractivity contribution in [3.8, 4) is 0 Å². The van der Waals surface area contributed by atoms with Crippen molar-refractivity contribution in [2.45, 2.75) is 58.2 Å². The molecule has 0 aromatic rings. The van der Waals surface area contributed by atoms with Crippen LogP contribution in [0.4, 0.5) is 0 Å². The van der Waals surface area contributed by atoms with Gasteiger partial charge in [-0.15, -0.1) is 0 Å². The molecule has 1 amide bonds. The molecule has 1 aliphatic heterocycles. The third-order valence-corrected chi connectivity index (χ3v) is 3.19. The van der Waals surface area contributed by atoms with Gasteiger partial charge in [-0.2, -0.15) is 0 Å². The first kappa shape index (κ1) is 14.5. The van der Waals surface area contributed by atoms with Gasteiger partial charge in [0.1, 0.15) is 0 Å². The molecule has 2 N–H and O–H groups in total. The average molecular weight is 242 g/mol. The van der Waals surface area contributed by atoms with Crippen molar-refractivity contribution in [2.24, 2.45) is 5.92 Å². The summed E-state index contributed by atoms with van der Waals surface area (Å²) in [6.45, 7) is 7.17. The van der Waals surface area contributed by atoms with Gasteiger partial charge in [-0.25, -0.2) is 0 Å². The fraction of sp³-hybridized carbons (Fsp3) is 0.923. The number of ether oxygens (including phenoxy) is 1. The molecular weight excluding hydrogens is 216 g/mol. The highest BCUT2D eigenvalue weighted by atomic mass is 16.5. The predicted octanol–water partition coefficient (Wildman–Crippen LogP) is 1.30. The lowest BCUT2D eigenvalue weighted by molar-refractivity contribution is -0.123. The number of rotatable bonds is 5. The molecule has 0 bridgehead atoms. The number of nitrogens with one attached hydrogen (secondary N) is 2. The zero-order valence-corrected chi connectivity index (χ0v) is 11.5. The smallest absolute Gasteiger partial charge is 0.236 e. The number of hydrogen-bond donors (Lipinski definition) is 2. The van der Waals surface area contributed by atoms with E-state index in [4.69, 9.17) is 4.74 Å². The Morgan fingerprint density at radius 3 is 2.71 bits per heavy atom. The van der Waals surface area contributed by atoms with E-state index in [1.165, 1.54) is 0 Å². The second-order valence-corrected chi connectivity index (χ2v) is 5.37. The minimum Gasteiger partial charge on any atom is -0.378 e. The Kier molecular flexibility index (Phi) is 5.92. The van der Waals surface area contributed by atoms with Crippen LogP contribution >= 0.6 is 0 Å². The van der Waals surface area contributed by atoms with Crippen LogP contribution in [0.2, 0.25) is 0 Å². The first-order valence-electron chi connectivity index (χ1n) is 6.62. The van der Waals surface area contributed by atoms with E-state index in [1.807, 2.05) is 0 Å². The molecule has 3 unspecified atom stereocenters. The molecule has 4 nitrogen and oxygen atoms in total. The molecule has 0 spiro atoms. The van der Waals surface area contributed by atoms with Crippen molar-refractivity contribution in [1.82, 2.24) is 10.6 Å². The zero-order chi connectivity index (χ0) is 12.8. The van der Waals surface area contributed by atoms with E-state index in [1.54, 1.807) is 7.05 Å². The summed E-state index contributed by atoms with van der Waals surface area (Å²) in [5, 5.41) is 6.21. The molecule has 0 saturated carbocycles. The van der Waals surface area contributed by atoms with Crippen LogP contribution in [0.5, 0.6) is 0 Å². The maximum absolute atomic E-state index is 11.8. The molecule has 100 valence electrons. The van der Waals surface area contributed by atoms with Gasteiger partial charge in [-0.05, 0) is 32.1 Å². The van der Waals surface area contributed by atoms with Crippen molar-refractivity contribution in [3.05, 3.63) is 0 Å². The van der Waals surface area contributed by atoms with E-state index < -0.39 is 0 Å². The van der Waals surface area contributed by atoms with Crippen LogP contribution in [0.25, 0.3) is 0 Å². The molecule has 1 rings (SSSR count). The predicted molar refractivity (Wildman–Crippen MR) is 68.9 cm³/mol. The van der Waals surface area contributed by atoms with Crippen LogP contribution in [-0.2, 0) is 9.53 Å². The lowest BCUT2D eigenvalue weighted by Gasteiger charge is -2.31. The first-order chi connectivity index (χ1) is 8.02. The lowest BCUT2D eigenvalue weighted by Crippen LogP contribution is -2.50. The van der Waals surface area contributed by atoms with E-state index >= 15 is 0 Å². The average Bonchev–Trinajstić information content (AvgIpc) is 2.26. The summed E-state index contributed by atoms with van der Waals surface area (Å²) in [5.74, 6) is 0.611. The van der Waals surface area contributed by atoms with Gasteiger partial charge in [0.25, 0.3) is 0 Å². The van der Waals surface area contributed by atoms with Gasteiger partial charge in [0.2, 0.25) is 5.91 Å². The minimum atomic E-state index is -0.0738. The molecule has 0 aliphatic carbocycles. The van der Waals surface area contributed by atoms with E-state index in [9.17, 15) is 4.79 Å². The molecule has 1 aliphatic rings. The van der Waals surface area contributed by atoms with E-state index in [0.29, 0.717) is 18.1 Å². The number of hydrogen-bond acceptors (Lipinski definition) is 3. The van der Waals surface area contributed by atoms with Gasteiger partial charge >= 0.3 is 0 Å². The summed E-state index contributed by atoms with van der Waals surface area (Å²) in [6.07, 6.45) is 3.16. The Morgan fingerprint density at radius 2 is 2.18 bits per heavy atom. The SMILES string of the molecule is CNC(=O)C(CC(C)C)NC1CCOC(C)C1. The third-order valence-electron chi connectivity index (χ3n) is 3.19. The minimum absolute atomic E-state index is 0.0738. The molecular formula is C13H26N2O2. The summed E-state index contributed by atoms with van der Waals surface area (Å²) >= 11 is 0. The molecule has 17 heavy (non-hydrogen) atoms. The largest absolute Gasteiger partial charge is 0.378 e. The van der Waals surface area contributed by atoms with Gasteiger partial charge in [-0.1, -0.05) is 13.8 Å². The number of amides is 1. The van der Waals surface area contributed by atoms with E-state index in [-0.39, 0.29) is 11.9 Å². The second kappa shape index (κ2) is 6.97. The molecule has 1 saturated heterocycles. The van der Waals surface area contributed by atoms with Crippen LogP contribution in [0.3, 0.4) is 0 Å². The van der Waals surface area contributed by atoms with E-state index in [0.717, 1.165) is 25.9 Å². The van der Waals surface area contributed by atoms with Crippen LogP contribution in [0.1, 0.15) is 40.0 Å². The third kappa shape index (κ3) is 5.04. The Balaban J connectivity index is 2.49. The summed E-state index contributed by atoms with van der Waals surface area (Å²) in [4.78, 5) is 11.8. The number of likely N-dealkylation sites (N-methyl/N-ethyl adjacent to an activating group) is 1. The monoisotopic (exact) mass is 242 g/mol. The number of carbonyl (C=O) groups excluding carboxylic acids is 1. The number of carbonyl (C=O) groups is 1. The molecule has 1 heterocycles. The maximum atomic E-state index is 11.8. The van der Waals surface area contributed by atoms with Crippen molar-refractivity contribution in [3.63, 3.8) is 0 Å². The van der Waals surface area contributed by atoms with Crippen molar-refractivity contribution >= 4 is 5.91 Å². The fourth-order valence-corrected chi connectivity index (χ4v) is 2.33. The van der Waals surface area contributed by atoms with Crippen molar-refractivity contribution in [2.75, 3.05) is 13.7 Å². The van der Waals surface area contributed by atoms with Crippen molar-refractivity contribution in [1.29, 1.82) is 0 Å². The molecule has 4 heteroatoms. The Labute approximate surface area is 104 Å². The molecule has 0 aromatic carbocycles. The first-order valence-corrected chi connectivity index (χ1v) is 6.62. The van der Waals surface area contributed by atoms with E-state index in [2.05, 4.69) is 31.4 Å². The van der Waals surface area contributed by atoms with Crippen LogP contribution in [-0.4, -0.2) is 37.7 Å². The lowest BCUT2D eigenvalue weighted by atomic mass is 9.98. The highest BCUT2D eigenvalue weighted by molar-refractivity contribution is 5.81. The quantitative estimate of drug-likeness (QED) is 0.764. The Morgan fingerprint density at radius 1 is 1.47 bits per heavy atom. The fourth-order valence-electron chi connectivity index (χ4n) is 2.33. The second-order valence-electron chi connectivity index (χ2n) is 5.37. The maximum Gasteiger partial charge on any atom is 0.236 e. The van der Waals surface area contributed by atoms with Gasteiger partial charge in [0.15, 0.2) is 0 Å². The molecule has 0 radical (unpaired) electrons. The van der Waals surface area contributed by atoms with Crippen molar-refractivity contribution < 1.29 is 9.53 Å². The van der Waals surface area contributed by atoms with Crippen LogP contribution in [0.15, 0.2) is 0 Å². The summed E-state index contributed by atoms with van der Waals surface area (Å²) in [7, 11) is 1.70. The Bertz CT molecular complexity index is 244. The van der Waals surface area contributed by atoms with Gasteiger partial charge in [-0.3, -0.25) is 4.79 Å². The van der Waals surface area contributed by atoms with Gasteiger partial charge in [0, 0.05) is 19.7 Å². The standard InChI is InChI=1S/C13H26N2O2/c1-9(2)7-12(13(16)14-4)15-11-5-6-17-10(3)8-11/h9-12,15H,5-8H2,1-4H3,(H,14,16). The van der Waals surface area contributed by atoms with Crippen LogP contribution < -0.4 is 10.6 Å². The Hall–Kier alpha value is -0.610. The topological polar surface area (TPSA) is 50.4 Å². The van der Waals surface area contributed by atoms with Gasteiger partial charge < -0.3 is 15.4 Å². The molecule has 3 atom stereocenters. The summed E-state index contributed by atoms with van der Waals surface area (Å²) < 4.78 is 5.52. The van der Waals surface area contributed by atoms with Gasteiger partial charge in [0.05, 0.1) is 12.1 Å². The highest BCUT2D eigenvalue weighted by Gasteiger charge is 2.25. The van der Waals surface area contributed by atoms with Crippen LogP contribution in [0, 0.1) is 5.92 Å². The highest BCUT2D eigenvalue weighted by Crippen LogP contribution is 2.15. The summed E-state index contributed by atoms with van der Waals surface area (Å²) in [6, 6.07) is 0.329. The molecule has 1 fully saturated rings.